The Bertz CT molecular complexity index is 603. The first-order chi connectivity index (χ1) is 10.3. The molecule has 0 saturated heterocycles. The van der Waals surface area contributed by atoms with Crippen LogP contribution in [0.25, 0.3) is 10.9 Å². The fraction of sp³-hybridized carbons (Fsp3) is 0.500. The van der Waals surface area contributed by atoms with E-state index >= 15 is 0 Å². The van der Waals surface area contributed by atoms with Gasteiger partial charge in [-0.05, 0) is 55.9 Å². The molecule has 1 saturated carbocycles. The van der Waals surface area contributed by atoms with Crippen LogP contribution in [-0.2, 0) is 0 Å². The first kappa shape index (κ1) is 14.6. The van der Waals surface area contributed by atoms with Crippen molar-refractivity contribution in [3.05, 3.63) is 35.5 Å². The van der Waals surface area contributed by atoms with Crippen LogP contribution in [0.4, 0.5) is 5.69 Å². The zero-order chi connectivity index (χ0) is 14.7. The number of nitrogens with one attached hydrogen (secondary N) is 1. The number of fused-ring (bicyclic) bond motifs is 1. The third-order valence-corrected chi connectivity index (χ3v) is 4.84. The van der Waals surface area contributed by atoms with E-state index in [1.165, 1.54) is 44.2 Å². The second-order valence-electron chi connectivity index (χ2n) is 6.17. The second-order valence-corrected chi connectivity index (χ2v) is 6.61. The van der Waals surface area contributed by atoms with Crippen molar-refractivity contribution in [1.82, 2.24) is 4.98 Å². The zero-order valence-corrected chi connectivity index (χ0v) is 13.4. The summed E-state index contributed by atoms with van der Waals surface area (Å²) in [7, 11) is 0. The summed E-state index contributed by atoms with van der Waals surface area (Å²) in [5, 5.41) is 5.63. The molecule has 0 atom stereocenters. The predicted octanol–water partition coefficient (Wildman–Crippen LogP) is 5.66. The number of benzene rings is 1. The molecule has 0 amide bonds. The van der Waals surface area contributed by atoms with Gasteiger partial charge in [0.05, 0.1) is 5.52 Å². The molecule has 0 unspecified atom stereocenters. The lowest BCUT2D eigenvalue weighted by molar-refractivity contribution is 0.319. The van der Waals surface area contributed by atoms with Crippen molar-refractivity contribution in [2.24, 2.45) is 5.92 Å². The standard InChI is InChI=1S/C18H23ClN2/c1-2-3-13-4-7-15(8-5-13)21-17-10-11-20-18-12-14(19)6-9-16(17)18/h6,9-13,15H,2-5,7-8H2,1H3,(H,20,21). The van der Waals surface area contributed by atoms with E-state index in [0.29, 0.717) is 6.04 Å². The van der Waals surface area contributed by atoms with Crippen LogP contribution in [0.3, 0.4) is 0 Å². The maximum atomic E-state index is 6.05. The van der Waals surface area contributed by atoms with Gasteiger partial charge in [-0.2, -0.15) is 0 Å². The van der Waals surface area contributed by atoms with Crippen LogP contribution in [-0.4, -0.2) is 11.0 Å². The number of hydrogen-bond donors (Lipinski definition) is 1. The van der Waals surface area contributed by atoms with E-state index in [-0.39, 0.29) is 0 Å². The predicted molar refractivity (Wildman–Crippen MR) is 91.0 cm³/mol. The number of anilines is 1. The van der Waals surface area contributed by atoms with Gasteiger partial charge in [0.2, 0.25) is 0 Å². The molecule has 2 aromatic rings. The lowest BCUT2D eigenvalue weighted by atomic mass is 9.83. The van der Waals surface area contributed by atoms with Crippen molar-refractivity contribution < 1.29 is 0 Å². The Kier molecular flexibility index (Phi) is 4.64. The van der Waals surface area contributed by atoms with E-state index in [1.54, 1.807) is 0 Å². The van der Waals surface area contributed by atoms with Gasteiger partial charge in [0.1, 0.15) is 0 Å². The lowest BCUT2D eigenvalue weighted by Gasteiger charge is -2.30. The summed E-state index contributed by atoms with van der Waals surface area (Å²) in [5.74, 6) is 0.945. The molecule has 112 valence electrons. The summed E-state index contributed by atoms with van der Waals surface area (Å²) in [4.78, 5) is 4.41. The SMILES string of the molecule is CCCC1CCC(Nc2ccnc3cc(Cl)ccc23)CC1. The first-order valence-electron chi connectivity index (χ1n) is 8.07. The summed E-state index contributed by atoms with van der Waals surface area (Å²) in [5.41, 5.74) is 2.16. The largest absolute Gasteiger partial charge is 0.382 e. The normalized spacial score (nSPS) is 22.4. The van der Waals surface area contributed by atoms with E-state index in [2.05, 4.69) is 29.4 Å². The first-order valence-corrected chi connectivity index (χ1v) is 8.45. The molecule has 1 N–H and O–H groups in total. The molecule has 1 aromatic carbocycles. The summed E-state index contributed by atoms with van der Waals surface area (Å²) in [6, 6.07) is 8.61. The number of halogens is 1. The quantitative estimate of drug-likeness (QED) is 0.788. The van der Waals surface area contributed by atoms with Crippen molar-refractivity contribution in [2.75, 3.05) is 5.32 Å². The van der Waals surface area contributed by atoms with Gasteiger partial charge in [-0.25, -0.2) is 0 Å². The maximum absolute atomic E-state index is 6.05. The summed E-state index contributed by atoms with van der Waals surface area (Å²) in [6.45, 7) is 2.29. The van der Waals surface area contributed by atoms with Crippen molar-refractivity contribution in [1.29, 1.82) is 0 Å². The molecular formula is C18H23ClN2. The maximum Gasteiger partial charge on any atom is 0.0737 e. The molecule has 1 aromatic heterocycles. The molecule has 21 heavy (non-hydrogen) atoms. The van der Waals surface area contributed by atoms with E-state index in [0.717, 1.165) is 21.8 Å². The molecule has 0 bridgehead atoms. The van der Waals surface area contributed by atoms with Crippen LogP contribution in [0, 0.1) is 5.92 Å². The van der Waals surface area contributed by atoms with E-state index < -0.39 is 0 Å². The Morgan fingerprint density at radius 1 is 1.19 bits per heavy atom. The molecule has 1 aliphatic rings. The average Bonchev–Trinajstić information content (AvgIpc) is 2.49. The highest BCUT2D eigenvalue weighted by Gasteiger charge is 2.20. The van der Waals surface area contributed by atoms with Gasteiger partial charge in [0, 0.05) is 28.3 Å². The highest BCUT2D eigenvalue weighted by atomic mass is 35.5. The fourth-order valence-corrected chi connectivity index (χ4v) is 3.64. The van der Waals surface area contributed by atoms with Crippen LogP contribution in [0.1, 0.15) is 45.4 Å². The van der Waals surface area contributed by atoms with Gasteiger partial charge < -0.3 is 5.32 Å². The number of aromatic nitrogens is 1. The summed E-state index contributed by atoms with van der Waals surface area (Å²) < 4.78 is 0. The molecule has 1 aliphatic carbocycles. The Hall–Kier alpha value is -1.28. The number of hydrogen-bond acceptors (Lipinski definition) is 2. The topological polar surface area (TPSA) is 24.9 Å². The molecule has 1 fully saturated rings. The van der Waals surface area contributed by atoms with Crippen molar-refractivity contribution in [3.63, 3.8) is 0 Å². The van der Waals surface area contributed by atoms with Crippen LogP contribution in [0.5, 0.6) is 0 Å². The van der Waals surface area contributed by atoms with Crippen LogP contribution < -0.4 is 5.32 Å². The smallest absolute Gasteiger partial charge is 0.0737 e. The van der Waals surface area contributed by atoms with Crippen LogP contribution in [0.15, 0.2) is 30.5 Å². The van der Waals surface area contributed by atoms with E-state index in [9.17, 15) is 0 Å². The van der Waals surface area contributed by atoms with Crippen LogP contribution in [0.2, 0.25) is 5.02 Å². The summed E-state index contributed by atoms with van der Waals surface area (Å²) >= 11 is 6.05. The van der Waals surface area contributed by atoms with Gasteiger partial charge in [-0.3, -0.25) is 4.98 Å². The molecule has 0 radical (unpaired) electrons. The lowest BCUT2D eigenvalue weighted by Crippen LogP contribution is -2.26. The number of rotatable bonds is 4. The minimum absolute atomic E-state index is 0.597. The van der Waals surface area contributed by atoms with Gasteiger partial charge in [-0.15, -0.1) is 0 Å². The van der Waals surface area contributed by atoms with Gasteiger partial charge in [-0.1, -0.05) is 31.4 Å². The highest BCUT2D eigenvalue weighted by Crippen LogP contribution is 2.31. The molecule has 1 heterocycles. The minimum atomic E-state index is 0.597. The van der Waals surface area contributed by atoms with Crippen molar-refractivity contribution >= 4 is 28.2 Å². The number of pyridine rings is 1. The highest BCUT2D eigenvalue weighted by molar-refractivity contribution is 6.31. The Morgan fingerprint density at radius 2 is 2.00 bits per heavy atom. The molecule has 3 rings (SSSR count). The van der Waals surface area contributed by atoms with Crippen molar-refractivity contribution in [3.8, 4) is 0 Å². The molecular weight excluding hydrogens is 280 g/mol. The summed E-state index contributed by atoms with van der Waals surface area (Å²) in [6.07, 6.45) is 9.86. The Balaban J connectivity index is 1.71. The molecule has 3 heteroatoms. The van der Waals surface area contributed by atoms with E-state index in [1.807, 2.05) is 18.3 Å². The van der Waals surface area contributed by atoms with Gasteiger partial charge in [0.25, 0.3) is 0 Å². The van der Waals surface area contributed by atoms with Crippen LogP contribution >= 0.6 is 11.6 Å². The van der Waals surface area contributed by atoms with E-state index in [4.69, 9.17) is 11.6 Å². The second kappa shape index (κ2) is 6.65. The monoisotopic (exact) mass is 302 g/mol. The fourth-order valence-electron chi connectivity index (χ4n) is 3.47. The Morgan fingerprint density at radius 3 is 2.76 bits per heavy atom. The average molecular weight is 303 g/mol. The van der Waals surface area contributed by atoms with Crippen molar-refractivity contribution in [2.45, 2.75) is 51.5 Å². The molecule has 0 aliphatic heterocycles. The van der Waals surface area contributed by atoms with Gasteiger partial charge in [0.15, 0.2) is 0 Å². The molecule has 0 spiro atoms. The Labute approximate surface area is 131 Å². The minimum Gasteiger partial charge on any atom is -0.382 e. The zero-order valence-electron chi connectivity index (χ0n) is 12.6. The third-order valence-electron chi connectivity index (χ3n) is 4.61. The number of nitrogens with zero attached hydrogens (tertiary/aromatic N) is 1. The van der Waals surface area contributed by atoms with Gasteiger partial charge >= 0.3 is 0 Å². The third kappa shape index (κ3) is 3.49. The molecule has 2 nitrogen and oxygen atoms in total.